The lowest BCUT2D eigenvalue weighted by atomic mass is 10.2. The van der Waals surface area contributed by atoms with Gasteiger partial charge in [-0.2, -0.15) is 5.10 Å². The molecule has 7 nitrogen and oxygen atoms in total. The molecule has 1 N–H and O–H groups in total. The van der Waals surface area contributed by atoms with Crippen molar-refractivity contribution in [3.63, 3.8) is 0 Å². The van der Waals surface area contributed by atoms with Crippen molar-refractivity contribution in [2.24, 2.45) is 7.05 Å². The van der Waals surface area contributed by atoms with E-state index in [1.165, 1.54) is 7.11 Å². The third-order valence-corrected chi connectivity index (χ3v) is 2.56. The number of aryl methyl sites for hydroxylation is 2. The first-order valence-corrected chi connectivity index (χ1v) is 6.80. The first-order valence-electron chi connectivity index (χ1n) is 6.80. The van der Waals surface area contributed by atoms with E-state index in [2.05, 4.69) is 15.2 Å². The van der Waals surface area contributed by atoms with E-state index in [0.29, 0.717) is 30.6 Å². The molecule has 7 heteroatoms. The van der Waals surface area contributed by atoms with E-state index in [0.717, 1.165) is 0 Å². The summed E-state index contributed by atoms with van der Waals surface area (Å²) in [6, 6.07) is 0. The van der Waals surface area contributed by atoms with Crippen molar-refractivity contribution in [3.05, 3.63) is 11.9 Å². The van der Waals surface area contributed by atoms with Crippen molar-refractivity contribution in [2.45, 2.75) is 45.6 Å². The highest BCUT2D eigenvalue weighted by molar-refractivity contribution is 5.85. The van der Waals surface area contributed by atoms with Crippen molar-refractivity contribution in [1.82, 2.24) is 9.78 Å². The molecule has 0 saturated carbocycles. The highest BCUT2D eigenvalue weighted by atomic mass is 16.6. The molecule has 1 aromatic heterocycles. The van der Waals surface area contributed by atoms with Gasteiger partial charge in [-0.25, -0.2) is 4.79 Å². The summed E-state index contributed by atoms with van der Waals surface area (Å²) in [6.07, 6.45) is 2.68. The number of nitrogens with one attached hydrogen (secondary N) is 1. The monoisotopic (exact) mass is 297 g/mol. The summed E-state index contributed by atoms with van der Waals surface area (Å²) in [5.74, 6) is -0.257. The molecule has 1 rings (SSSR count). The first kappa shape index (κ1) is 17.0. The fraction of sp³-hybridized carbons (Fsp3) is 0.643. The van der Waals surface area contributed by atoms with Crippen molar-refractivity contribution >= 4 is 17.7 Å². The number of hydrogen-bond acceptors (Lipinski definition) is 5. The minimum Gasteiger partial charge on any atom is -0.469 e. The van der Waals surface area contributed by atoms with Crippen molar-refractivity contribution in [2.75, 3.05) is 12.4 Å². The van der Waals surface area contributed by atoms with Gasteiger partial charge < -0.3 is 9.47 Å². The second-order valence-corrected chi connectivity index (χ2v) is 5.72. The topological polar surface area (TPSA) is 82.5 Å². The average Bonchev–Trinajstić information content (AvgIpc) is 2.66. The third-order valence-electron chi connectivity index (χ3n) is 2.56. The fourth-order valence-electron chi connectivity index (χ4n) is 1.74. The van der Waals surface area contributed by atoms with E-state index in [1.807, 2.05) is 0 Å². The number of rotatable bonds is 5. The van der Waals surface area contributed by atoms with E-state index in [4.69, 9.17) is 4.74 Å². The Morgan fingerprint density at radius 1 is 1.38 bits per heavy atom. The van der Waals surface area contributed by atoms with E-state index in [-0.39, 0.29) is 5.97 Å². The number of nitrogens with zero attached hydrogens (tertiary/aromatic N) is 2. The van der Waals surface area contributed by atoms with Crippen LogP contribution >= 0.6 is 0 Å². The molecule has 0 aliphatic heterocycles. The van der Waals surface area contributed by atoms with Crippen molar-refractivity contribution < 1.29 is 19.1 Å². The van der Waals surface area contributed by atoms with Gasteiger partial charge >= 0.3 is 12.1 Å². The van der Waals surface area contributed by atoms with Gasteiger partial charge in [-0.15, -0.1) is 0 Å². The van der Waals surface area contributed by atoms with Crippen LogP contribution in [-0.4, -0.2) is 34.6 Å². The van der Waals surface area contributed by atoms with Crippen LogP contribution in [0.15, 0.2) is 6.20 Å². The number of hydrogen-bond donors (Lipinski definition) is 1. The van der Waals surface area contributed by atoms with Crippen LogP contribution in [0.2, 0.25) is 0 Å². The predicted octanol–water partition coefficient (Wildman–Crippen LogP) is 2.26. The zero-order valence-corrected chi connectivity index (χ0v) is 13.2. The largest absolute Gasteiger partial charge is 0.469 e. The van der Waals surface area contributed by atoms with Crippen LogP contribution in [0.3, 0.4) is 0 Å². The molecule has 0 unspecified atom stereocenters. The zero-order chi connectivity index (χ0) is 16.0. The second-order valence-electron chi connectivity index (χ2n) is 5.72. The van der Waals surface area contributed by atoms with Crippen molar-refractivity contribution in [3.8, 4) is 0 Å². The van der Waals surface area contributed by atoms with Gasteiger partial charge in [-0.3, -0.25) is 14.8 Å². The van der Waals surface area contributed by atoms with Crippen molar-refractivity contribution in [1.29, 1.82) is 0 Å². The predicted molar refractivity (Wildman–Crippen MR) is 78.0 cm³/mol. The Morgan fingerprint density at radius 2 is 2.05 bits per heavy atom. The van der Waals surface area contributed by atoms with Gasteiger partial charge in [0, 0.05) is 19.7 Å². The van der Waals surface area contributed by atoms with Crippen LogP contribution in [0.5, 0.6) is 0 Å². The van der Waals surface area contributed by atoms with E-state index in [9.17, 15) is 9.59 Å². The van der Waals surface area contributed by atoms with Gasteiger partial charge in [-0.1, -0.05) is 0 Å². The maximum atomic E-state index is 11.8. The quantitative estimate of drug-likeness (QED) is 0.843. The Hall–Kier alpha value is -2.05. The maximum Gasteiger partial charge on any atom is 0.412 e. The Labute approximate surface area is 124 Å². The lowest BCUT2D eigenvalue weighted by Gasteiger charge is -2.19. The lowest BCUT2D eigenvalue weighted by Crippen LogP contribution is -2.27. The molecular formula is C14H23N3O4. The molecule has 0 aromatic carbocycles. The summed E-state index contributed by atoms with van der Waals surface area (Å²) in [7, 11) is 3.13. The molecule has 0 fully saturated rings. The molecule has 1 aromatic rings. The minimum absolute atomic E-state index is 0.257. The number of methoxy groups -OCH3 is 1. The Balaban J connectivity index is 2.62. The number of carbonyl (C=O) groups excluding carboxylic acids is 2. The molecule has 1 heterocycles. The smallest absolute Gasteiger partial charge is 0.412 e. The van der Waals surface area contributed by atoms with Crippen LogP contribution in [0.25, 0.3) is 0 Å². The SMILES string of the molecule is COC(=O)CCCc1nn(C)cc1NC(=O)OC(C)(C)C. The first-order chi connectivity index (χ1) is 9.71. The van der Waals surface area contributed by atoms with Crippen LogP contribution in [0.1, 0.15) is 39.3 Å². The normalized spacial score (nSPS) is 11.1. The Morgan fingerprint density at radius 3 is 2.62 bits per heavy atom. The molecule has 118 valence electrons. The Bertz CT molecular complexity index is 503. The lowest BCUT2D eigenvalue weighted by molar-refractivity contribution is -0.140. The maximum absolute atomic E-state index is 11.8. The van der Waals surface area contributed by atoms with Crippen LogP contribution in [0.4, 0.5) is 10.5 Å². The third kappa shape index (κ3) is 6.29. The van der Waals surface area contributed by atoms with Crippen LogP contribution in [-0.2, 0) is 27.7 Å². The van der Waals surface area contributed by atoms with Gasteiger partial charge in [-0.05, 0) is 33.6 Å². The molecule has 0 atom stereocenters. The standard InChI is InChI=1S/C14H23N3O4/c1-14(2,3)21-13(19)15-11-9-17(4)16-10(11)7-6-8-12(18)20-5/h9H,6-8H2,1-5H3,(H,15,19). The van der Waals surface area contributed by atoms with Crippen LogP contribution in [0, 0.1) is 0 Å². The van der Waals surface area contributed by atoms with Crippen LogP contribution < -0.4 is 5.32 Å². The highest BCUT2D eigenvalue weighted by Crippen LogP contribution is 2.17. The van der Waals surface area contributed by atoms with E-state index < -0.39 is 11.7 Å². The number of anilines is 1. The molecule has 1 amide bonds. The molecule has 21 heavy (non-hydrogen) atoms. The van der Waals surface area contributed by atoms with Gasteiger partial charge in [0.1, 0.15) is 5.60 Å². The molecule has 0 radical (unpaired) electrons. The highest BCUT2D eigenvalue weighted by Gasteiger charge is 2.18. The average molecular weight is 297 g/mol. The number of carbonyl (C=O) groups is 2. The summed E-state index contributed by atoms with van der Waals surface area (Å²) >= 11 is 0. The number of esters is 1. The zero-order valence-electron chi connectivity index (χ0n) is 13.2. The summed E-state index contributed by atoms with van der Waals surface area (Å²) in [5, 5.41) is 6.96. The molecular weight excluding hydrogens is 274 g/mol. The molecule has 0 aliphatic rings. The number of ether oxygens (including phenoxy) is 2. The number of aromatic nitrogens is 2. The second kappa shape index (κ2) is 7.10. The number of amides is 1. The summed E-state index contributed by atoms with van der Waals surface area (Å²) in [4.78, 5) is 22.9. The molecule has 0 spiro atoms. The molecule has 0 bridgehead atoms. The van der Waals surface area contributed by atoms with Gasteiger partial charge in [0.2, 0.25) is 0 Å². The minimum atomic E-state index is -0.558. The summed E-state index contributed by atoms with van der Waals surface area (Å²) in [5.41, 5.74) is 0.751. The summed E-state index contributed by atoms with van der Waals surface area (Å²) < 4.78 is 11.4. The van der Waals surface area contributed by atoms with Gasteiger partial charge in [0.05, 0.1) is 18.5 Å². The van der Waals surface area contributed by atoms with E-state index in [1.54, 1.807) is 38.7 Å². The Kier molecular flexibility index (Phi) is 5.75. The van der Waals surface area contributed by atoms with Gasteiger partial charge in [0.25, 0.3) is 0 Å². The summed E-state index contributed by atoms with van der Waals surface area (Å²) in [6.45, 7) is 5.40. The van der Waals surface area contributed by atoms with Gasteiger partial charge in [0.15, 0.2) is 0 Å². The molecule has 0 saturated heterocycles. The van der Waals surface area contributed by atoms with E-state index >= 15 is 0 Å². The fourth-order valence-corrected chi connectivity index (χ4v) is 1.74. The molecule has 0 aliphatic carbocycles.